The molecule has 0 spiro atoms. The van der Waals surface area contributed by atoms with Gasteiger partial charge in [0.1, 0.15) is 5.84 Å². The van der Waals surface area contributed by atoms with Crippen LogP contribution in [0.15, 0.2) is 23.4 Å². The first-order chi connectivity index (χ1) is 8.21. The molecule has 94 valence electrons. The molecule has 0 heterocycles. The lowest BCUT2D eigenvalue weighted by atomic mass is 10.2. The molecule has 0 aliphatic heterocycles. The second-order valence-corrected chi connectivity index (χ2v) is 3.34. The minimum Gasteiger partial charge on any atom is -0.493 e. The van der Waals surface area contributed by atoms with Crippen molar-refractivity contribution in [2.45, 2.75) is 6.42 Å². The zero-order chi connectivity index (χ0) is 12.7. The van der Waals surface area contributed by atoms with Crippen molar-refractivity contribution in [1.82, 2.24) is 0 Å². The molecule has 6 nitrogen and oxygen atoms in total. The Bertz CT molecular complexity index is 394. The molecule has 6 heteroatoms. The Labute approximate surface area is 100 Å². The van der Waals surface area contributed by atoms with E-state index < -0.39 is 0 Å². The van der Waals surface area contributed by atoms with Crippen molar-refractivity contribution >= 4 is 11.5 Å². The summed E-state index contributed by atoms with van der Waals surface area (Å²) in [5, 5.41) is 14.4. The number of rotatable bonds is 6. The van der Waals surface area contributed by atoms with Gasteiger partial charge in [-0.05, 0) is 12.1 Å². The lowest BCUT2D eigenvalue weighted by Gasteiger charge is -2.10. The lowest BCUT2D eigenvalue weighted by Crippen LogP contribution is -2.16. The van der Waals surface area contributed by atoms with Crippen LogP contribution in [-0.2, 0) is 0 Å². The van der Waals surface area contributed by atoms with Gasteiger partial charge in [-0.3, -0.25) is 0 Å². The van der Waals surface area contributed by atoms with Crippen LogP contribution in [0, 0.1) is 0 Å². The SMILES string of the molecule is COc1ccc(NCC/C(N)=N/O)cc1OC. The molecule has 0 unspecified atom stereocenters. The highest BCUT2D eigenvalue weighted by molar-refractivity contribution is 5.80. The Hall–Kier alpha value is -2.11. The summed E-state index contributed by atoms with van der Waals surface area (Å²) in [6.45, 7) is 0.575. The van der Waals surface area contributed by atoms with Gasteiger partial charge in [-0.1, -0.05) is 5.16 Å². The van der Waals surface area contributed by atoms with E-state index in [-0.39, 0.29) is 5.84 Å². The summed E-state index contributed by atoms with van der Waals surface area (Å²) in [7, 11) is 3.17. The maximum Gasteiger partial charge on any atom is 0.162 e. The highest BCUT2D eigenvalue weighted by Crippen LogP contribution is 2.29. The fourth-order valence-corrected chi connectivity index (χ4v) is 1.33. The van der Waals surface area contributed by atoms with E-state index in [9.17, 15) is 0 Å². The van der Waals surface area contributed by atoms with Gasteiger partial charge in [0.05, 0.1) is 14.2 Å². The average molecular weight is 239 g/mol. The molecule has 4 N–H and O–H groups in total. The number of nitrogens with one attached hydrogen (secondary N) is 1. The molecule has 0 aromatic heterocycles. The maximum absolute atomic E-state index is 8.38. The second-order valence-electron chi connectivity index (χ2n) is 3.34. The van der Waals surface area contributed by atoms with Gasteiger partial charge in [-0.15, -0.1) is 0 Å². The molecule has 1 rings (SSSR count). The lowest BCUT2D eigenvalue weighted by molar-refractivity contribution is 0.317. The summed E-state index contributed by atoms with van der Waals surface area (Å²) in [6, 6.07) is 5.50. The van der Waals surface area contributed by atoms with Crippen molar-refractivity contribution in [3.05, 3.63) is 18.2 Å². The highest BCUT2D eigenvalue weighted by atomic mass is 16.5. The number of hydrogen-bond donors (Lipinski definition) is 3. The summed E-state index contributed by atoms with van der Waals surface area (Å²) < 4.78 is 10.3. The van der Waals surface area contributed by atoms with Crippen molar-refractivity contribution in [3.8, 4) is 11.5 Å². The molecule has 1 aromatic rings. The summed E-state index contributed by atoms with van der Waals surface area (Å²) in [4.78, 5) is 0. The van der Waals surface area contributed by atoms with Gasteiger partial charge in [-0.25, -0.2) is 0 Å². The second kappa shape index (κ2) is 6.47. The minimum absolute atomic E-state index is 0.193. The van der Waals surface area contributed by atoms with E-state index in [0.29, 0.717) is 24.5 Å². The molecule has 0 amide bonds. The van der Waals surface area contributed by atoms with Crippen LogP contribution >= 0.6 is 0 Å². The molecule has 0 saturated heterocycles. The first kappa shape index (κ1) is 13.0. The number of nitrogens with zero attached hydrogens (tertiary/aromatic N) is 1. The fraction of sp³-hybridized carbons (Fsp3) is 0.364. The van der Waals surface area contributed by atoms with Crippen molar-refractivity contribution in [1.29, 1.82) is 0 Å². The topological polar surface area (TPSA) is 89.1 Å². The molecule has 0 aliphatic rings. The van der Waals surface area contributed by atoms with Gasteiger partial charge < -0.3 is 25.7 Å². The monoisotopic (exact) mass is 239 g/mol. The maximum atomic E-state index is 8.38. The highest BCUT2D eigenvalue weighted by Gasteiger charge is 2.04. The van der Waals surface area contributed by atoms with Crippen molar-refractivity contribution < 1.29 is 14.7 Å². The van der Waals surface area contributed by atoms with E-state index in [0.717, 1.165) is 5.69 Å². The quantitative estimate of drug-likeness (QED) is 0.301. The Kier molecular flexibility index (Phi) is 4.93. The average Bonchev–Trinajstić information content (AvgIpc) is 2.38. The molecule has 1 aromatic carbocycles. The Morgan fingerprint density at radius 3 is 2.65 bits per heavy atom. The van der Waals surface area contributed by atoms with E-state index in [1.807, 2.05) is 18.2 Å². The summed E-state index contributed by atoms with van der Waals surface area (Å²) in [5.74, 6) is 1.52. The fourth-order valence-electron chi connectivity index (χ4n) is 1.33. The van der Waals surface area contributed by atoms with Crippen LogP contribution in [0.5, 0.6) is 11.5 Å². The smallest absolute Gasteiger partial charge is 0.162 e. The summed E-state index contributed by atoms with van der Waals surface area (Å²) in [6.07, 6.45) is 0.463. The molecular weight excluding hydrogens is 222 g/mol. The summed E-state index contributed by atoms with van der Waals surface area (Å²) >= 11 is 0. The van der Waals surface area contributed by atoms with Crippen LogP contribution in [0.1, 0.15) is 6.42 Å². The zero-order valence-electron chi connectivity index (χ0n) is 9.93. The third kappa shape index (κ3) is 3.75. The zero-order valence-corrected chi connectivity index (χ0v) is 9.93. The number of hydrogen-bond acceptors (Lipinski definition) is 5. The van der Waals surface area contributed by atoms with Crippen LogP contribution < -0.4 is 20.5 Å². The third-order valence-electron chi connectivity index (χ3n) is 2.22. The van der Waals surface area contributed by atoms with E-state index in [1.165, 1.54) is 0 Å². The predicted octanol–water partition coefficient (Wildman–Crippen LogP) is 1.25. The number of benzene rings is 1. The molecule has 0 radical (unpaired) electrons. The molecule has 0 fully saturated rings. The van der Waals surface area contributed by atoms with Crippen molar-refractivity contribution in [2.75, 3.05) is 26.1 Å². The van der Waals surface area contributed by atoms with Crippen LogP contribution in [0.25, 0.3) is 0 Å². The third-order valence-corrected chi connectivity index (χ3v) is 2.22. The number of methoxy groups -OCH3 is 2. The molecule has 0 bridgehead atoms. The van der Waals surface area contributed by atoms with Crippen LogP contribution in [0.4, 0.5) is 5.69 Å². The molecule has 17 heavy (non-hydrogen) atoms. The van der Waals surface area contributed by atoms with E-state index >= 15 is 0 Å². The van der Waals surface area contributed by atoms with Crippen molar-refractivity contribution in [2.24, 2.45) is 10.9 Å². The number of anilines is 1. The number of ether oxygens (including phenoxy) is 2. The number of oxime groups is 1. The van der Waals surface area contributed by atoms with E-state index in [1.54, 1.807) is 14.2 Å². The predicted molar refractivity (Wildman–Crippen MR) is 66.1 cm³/mol. The van der Waals surface area contributed by atoms with Crippen LogP contribution in [-0.4, -0.2) is 31.8 Å². The van der Waals surface area contributed by atoms with Gasteiger partial charge in [0, 0.05) is 24.7 Å². The Morgan fingerprint density at radius 1 is 1.35 bits per heavy atom. The van der Waals surface area contributed by atoms with Gasteiger partial charge in [-0.2, -0.15) is 0 Å². The Balaban J connectivity index is 2.60. The van der Waals surface area contributed by atoms with E-state index in [2.05, 4.69) is 10.5 Å². The first-order valence-corrected chi connectivity index (χ1v) is 5.13. The molecule has 0 atom stereocenters. The molecule has 0 saturated carbocycles. The molecular formula is C11H17N3O3. The van der Waals surface area contributed by atoms with Gasteiger partial charge in [0.2, 0.25) is 0 Å². The number of nitrogens with two attached hydrogens (primary N) is 1. The molecule has 0 aliphatic carbocycles. The first-order valence-electron chi connectivity index (χ1n) is 5.13. The van der Waals surface area contributed by atoms with Crippen LogP contribution in [0.3, 0.4) is 0 Å². The standard InChI is InChI=1S/C11H17N3O3/c1-16-9-4-3-8(7-10(9)17-2)13-6-5-11(12)14-15/h3-4,7,13,15H,5-6H2,1-2H3,(H2,12,14). The van der Waals surface area contributed by atoms with Crippen molar-refractivity contribution in [3.63, 3.8) is 0 Å². The normalized spacial score (nSPS) is 11.1. The summed E-state index contributed by atoms with van der Waals surface area (Å²) in [5.41, 5.74) is 6.24. The number of amidine groups is 1. The van der Waals surface area contributed by atoms with E-state index in [4.69, 9.17) is 20.4 Å². The largest absolute Gasteiger partial charge is 0.493 e. The Morgan fingerprint density at radius 2 is 2.06 bits per heavy atom. The minimum atomic E-state index is 0.193. The van der Waals surface area contributed by atoms with Gasteiger partial charge in [0.25, 0.3) is 0 Å². The van der Waals surface area contributed by atoms with Gasteiger partial charge in [0.15, 0.2) is 11.5 Å². The van der Waals surface area contributed by atoms with Gasteiger partial charge >= 0.3 is 0 Å². The van der Waals surface area contributed by atoms with Crippen LogP contribution in [0.2, 0.25) is 0 Å².